The van der Waals surface area contributed by atoms with Gasteiger partial charge in [-0.2, -0.15) is 0 Å². The number of carbonyl (C=O) groups excluding carboxylic acids is 3. The molecule has 4 aliphatic rings. The minimum atomic E-state index is -1.49. The minimum Gasteiger partial charge on any atom is -0.493 e. The van der Waals surface area contributed by atoms with Crippen LogP contribution in [-0.4, -0.2) is 78.1 Å². The van der Waals surface area contributed by atoms with Crippen LogP contribution in [-0.2, 0) is 40.4 Å². The number of nitrogens with zero attached hydrogens (tertiary/aromatic N) is 1. The predicted molar refractivity (Wildman–Crippen MR) is 207 cm³/mol. The molecule has 302 valence electrons. The Morgan fingerprint density at radius 1 is 0.926 bits per heavy atom. The number of rotatable bonds is 22. The molecule has 1 N–H and O–H groups in total. The Morgan fingerprint density at radius 3 is 2.13 bits per heavy atom. The van der Waals surface area contributed by atoms with E-state index in [1.807, 2.05) is 19.2 Å². The summed E-state index contributed by atoms with van der Waals surface area (Å²) >= 11 is 0. The molecular weight excluding hydrogens is 686 g/mol. The summed E-state index contributed by atoms with van der Waals surface area (Å²) in [5.41, 5.74) is -0.819. The molecule has 0 unspecified atom stereocenters. The molecule has 2 aliphatic carbocycles. The van der Waals surface area contributed by atoms with Gasteiger partial charge in [-0.15, -0.1) is 0 Å². The second-order valence-electron chi connectivity index (χ2n) is 17.2. The molecule has 1 aromatic rings. The number of unbranched alkanes of at least 4 members (excludes halogenated alkanes) is 14. The van der Waals surface area contributed by atoms with E-state index >= 15 is 0 Å². The van der Waals surface area contributed by atoms with Crippen LogP contribution in [0.3, 0.4) is 0 Å². The highest BCUT2D eigenvalue weighted by Gasteiger charge is 2.72. The summed E-state index contributed by atoms with van der Waals surface area (Å²) in [7, 11) is 3.61. The van der Waals surface area contributed by atoms with Gasteiger partial charge in [0.15, 0.2) is 17.6 Å². The van der Waals surface area contributed by atoms with Crippen LogP contribution in [0.2, 0.25) is 0 Å². The Bertz CT molecular complexity index is 1480. The molecule has 0 amide bonds. The Labute approximate surface area is 323 Å². The van der Waals surface area contributed by atoms with Gasteiger partial charge in [0, 0.05) is 24.4 Å². The maximum absolute atomic E-state index is 13.9. The van der Waals surface area contributed by atoms with E-state index in [1.165, 1.54) is 70.6 Å². The largest absolute Gasteiger partial charge is 0.493 e. The first-order valence-electron chi connectivity index (χ1n) is 21.0. The third-order valence-electron chi connectivity index (χ3n) is 12.1. The number of benzene rings is 1. The molecule has 2 aliphatic heterocycles. The van der Waals surface area contributed by atoms with Gasteiger partial charge in [-0.05, 0) is 71.3 Å². The van der Waals surface area contributed by atoms with Crippen LogP contribution >= 0.6 is 0 Å². The van der Waals surface area contributed by atoms with Crippen molar-refractivity contribution in [3.05, 3.63) is 35.1 Å². The third-order valence-corrected chi connectivity index (χ3v) is 12.1. The number of ether oxygens (including phenoxy) is 5. The fourth-order valence-corrected chi connectivity index (χ4v) is 9.34. The number of hydrogen-bond donors (Lipinski definition) is 1. The Kier molecular flexibility index (Phi) is 14.5. The molecule has 0 aromatic heterocycles. The van der Waals surface area contributed by atoms with Crippen LogP contribution in [0.1, 0.15) is 161 Å². The third kappa shape index (κ3) is 9.46. The van der Waals surface area contributed by atoms with E-state index in [4.69, 9.17) is 23.7 Å². The smallest absolute Gasteiger partial charge is 0.353 e. The van der Waals surface area contributed by atoms with Gasteiger partial charge in [-0.3, -0.25) is 9.59 Å². The summed E-state index contributed by atoms with van der Waals surface area (Å²) in [4.78, 5) is 42.1. The van der Waals surface area contributed by atoms with Crippen LogP contribution in [0.25, 0.3) is 0 Å². The standard InChI is InChI=1S/C44H67NO9/c1-7-8-9-10-11-12-13-14-15-16-17-18-19-20-21-22-36(46)51-34(30-37(47)54-42(2,3)4)41(48)52-33-25-26-44(49)35-29-31-23-24-32(50-6)39-38(31)43(44,40(33)53-39)27-28-45(35)5/h23-25,34-35,40,49H,7-22,26-30H2,1-6H3/t34-,35+,40-,43-,44+/m0/s1. The first-order chi connectivity index (χ1) is 25.8. The quantitative estimate of drug-likeness (QED) is 0.0702. The molecule has 0 saturated carbocycles. The Hall–Kier alpha value is -3.11. The molecule has 1 fully saturated rings. The number of methoxy groups -OCH3 is 1. The average Bonchev–Trinajstić information content (AvgIpc) is 3.47. The van der Waals surface area contributed by atoms with Gasteiger partial charge in [0.2, 0.25) is 6.10 Å². The van der Waals surface area contributed by atoms with Crippen molar-refractivity contribution in [2.45, 2.75) is 191 Å². The molecule has 5 rings (SSSR count). The number of aliphatic hydroxyl groups is 1. The fourth-order valence-electron chi connectivity index (χ4n) is 9.34. The van der Waals surface area contributed by atoms with Gasteiger partial charge in [-0.25, -0.2) is 4.79 Å². The first kappa shape index (κ1) is 42.0. The van der Waals surface area contributed by atoms with Crippen LogP contribution in [0.15, 0.2) is 24.0 Å². The van der Waals surface area contributed by atoms with Crippen molar-refractivity contribution in [2.75, 3.05) is 20.7 Å². The lowest BCUT2D eigenvalue weighted by molar-refractivity contribution is -0.179. The summed E-state index contributed by atoms with van der Waals surface area (Å²) in [5.74, 6) is -0.731. The van der Waals surface area contributed by atoms with Gasteiger partial charge in [0.25, 0.3) is 0 Å². The van der Waals surface area contributed by atoms with Crippen molar-refractivity contribution in [1.82, 2.24) is 4.90 Å². The lowest BCUT2D eigenvalue weighted by Gasteiger charge is -2.61. The molecule has 1 aromatic carbocycles. The fraction of sp³-hybridized carbons (Fsp3) is 0.750. The number of hydrogen-bond acceptors (Lipinski definition) is 10. The van der Waals surface area contributed by atoms with E-state index < -0.39 is 53.2 Å². The summed E-state index contributed by atoms with van der Waals surface area (Å²) in [6.45, 7) is 8.20. The summed E-state index contributed by atoms with van der Waals surface area (Å²) in [6, 6.07) is 3.76. The van der Waals surface area contributed by atoms with Gasteiger partial charge in [0.1, 0.15) is 11.4 Å². The second kappa shape index (κ2) is 18.7. The lowest BCUT2D eigenvalue weighted by atomic mass is 9.50. The van der Waals surface area contributed by atoms with Gasteiger partial charge < -0.3 is 33.7 Å². The Balaban J connectivity index is 1.15. The van der Waals surface area contributed by atoms with E-state index in [2.05, 4.69) is 11.8 Å². The first-order valence-corrected chi connectivity index (χ1v) is 21.0. The highest BCUT2D eigenvalue weighted by atomic mass is 16.6. The zero-order valence-electron chi connectivity index (χ0n) is 34.0. The molecule has 10 nitrogen and oxygen atoms in total. The molecule has 0 radical (unpaired) electrons. The van der Waals surface area contributed by atoms with E-state index in [0.29, 0.717) is 30.8 Å². The maximum atomic E-state index is 13.9. The van der Waals surface area contributed by atoms with Gasteiger partial charge >= 0.3 is 17.9 Å². The van der Waals surface area contributed by atoms with E-state index in [-0.39, 0.29) is 24.6 Å². The second-order valence-corrected chi connectivity index (χ2v) is 17.2. The summed E-state index contributed by atoms with van der Waals surface area (Å²) in [5, 5.41) is 12.5. The summed E-state index contributed by atoms with van der Waals surface area (Å²) < 4.78 is 29.5. The average molecular weight is 754 g/mol. The van der Waals surface area contributed by atoms with Gasteiger partial charge in [0.05, 0.1) is 24.5 Å². The number of carbonyl (C=O) groups is 3. The van der Waals surface area contributed by atoms with Crippen LogP contribution in [0.4, 0.5) is 0 Å². The van der Waals surface area contributed by atoms with Crippen LogP contribution in [0, 0.1) is 0 Å². The monoisotopic (exact) mass is 753 g/mol. The van der Waals surface area contributed by atoms with Gasteiger partial charge in [-0.1, -0.05) is 103 Å². The van der Waals surface area contributed by atoms with E-state index in [1.54, 1.807) is 34.0 Å². The molecule has 2 bridgehead atoms. The van der Waals surface area contributed by atoms with Crippen molar-refractivity contribution in [3.63, 3.8) is 0 Å². The highest BCUT2D eigenvalue weighted by molar-refractivity contribution is 5.85. The summed E-state index contributed by atoms with van der Waals surface area (Å²) in [6.07, 6.45) is 18.9. The molecule has 5 atom stereocenters. The Morgan fingerprint density at radius 2 is 1.54 bits per heavy atom. The molecule has 10 heteroatoms. The van der Waals surface area contributed by atoms with Crippen molar-refractivity contribution < 1.29 is 43.2 Å². The molecule has 54 heavy (non-hydrogen) atoms. The van der Waals surface area contributed by atoms with Crippen molar-refractivity contribution in [3.8, 4) is 11.5 Å². The molecule has 1 spiro atoms. The zero-order chi connectivity index (χ0) is 38.9. The SMILES string of the molecule is CCCCCCCCCCCCCCCCCC(=O)O[C@@H](CC(=O)OC(C)(C)C)C(=O)OC1=CC[C@@]2(O)[C@H]3Cc4ccc(OC)c5c4[C@@]2(CCN3C)[C@H]1O5. The predicted octanol–water partition coefficient (Wildman–Crippen LogP) is 8.42. The van der Waals surface area contributed by atoms with Crippen LogP contribution < -0.4 is 9.47 Å². The highest BCUT2D eigenvalue weighted by Crippen LogP contribution is 2.65. The van der Waals surface area contributed by atoms with Crippen molar-refractivity contribution in [1.29, 1.82) is 0 Å². The maximum Gasteiger partial charge on any atom is 0.353 e. The lowest BCUT2D eigenvalue weighted by Crippen LogP contribution is -2.74. The number of likely N-dealkylation sites (N-methyl/N-ethyl adjacent to an activating group) is 1. The molecule has 1 saturated heterocycles. The minimum absolute atomic E-state index is 0.147. The van der Waals surface area contributed by atoms with E-state index in [9.17, 15) is 19.5 Å². The topological polar surface area (TPSA) is 121 Å². The number of likely N-dealkylation sites (tertiary alicyclic amines) is 1. The van der Waals surface area contributed by atoms with Crippen LogP contribution in [0.5, 0.6) is 11.5 Å². The molecular formula is C44H67NO9. The van der Waals surface area contributed by atoms with E-state index in [0.717, 1.165) is 36.9 Å². The zero-order valence-corrected chi connectivity index (χ0v) is 34.0. The molecule has 2 heterocycles. The number of esters is 3. The van der Waals surface area contributed by atoms with Crippen molar-refractivity contribution in [2.24, 2.45) is 0 Å². The normalized spacial score (nSPS) is 24.5. The number of piperidine rings is 1. The van der Waals surface area contributed by atoms with Crippen molar-refractivity contribution >= 4 is 17.9 Å².